The van der Waals surface area contributed by atoms with Gasteiger partial charge in [0.05, 0.1) is 11.1 Å². The molecule has 0 aliphatic rings. The summed E-state index contributed by atoms with van der Waals surface area (Å²) in [5, 5.41) is 3.53. The minimum atomic E-state index is -4.72. The van der Waals surface area contributed by atoms with Crippen molar-refractivity contribution in [1.29, 1.82) is 0 Å². The molecule has 0 unspecified atom stereocenters. The topological polar surface area (TPSA) is 30.2 Å². The molecule has 2 aromatic carbocycles. The standard InChI is InChI=1S/C19H13F6N3/c1-28-17(26-11-12-6-5-9-14(10-12)18(20,21)22)15(13-7-3-2-4-8-13)16(27-28)19(23,24)25/h2-11H,1H3/b26-11-. The predicted octanol–water partition coefficient (Wildman–Crippen LogP) is 5.88. The molecule has 0 radical (unpaired) electrons. The van der Waals surface area contributed by atoms with Gasteiger partial charge < -0.3 is 0 Å². The van der Waals surface area contributed by atoms with Gasteiger partial charge in [-0.25, -0.2) is 9.67 Å². The average molecular weight is 397 g/mol. The van der Waals surface area contributed by atoms with Crippen molar-refractivity contribution in [3.05, 3.63) is 71.4 Å². The van der Waals surface area contributed by atoms with Crippen LogP contribution < -0.4 is 0 Å². The van der Waals surface area contributed by atoms with Crippen LogP contribution in [0.15, 0.2) is 59.6 Å². The lowest BCUT2D eigenvalue weighted by molar-refractivity contribution is -0.141. The Labute approximate surface area is 156 Å². The van der Waals surface area contributed by atoms with Gasteiger partial charge in [-0.15, -0.1) is 0 Å². The quantitative estimate of drug-likeness (QED) is 0.401. The van der Waals surface area contributed by atoms with Crippen molar-refractivity contribution in [2.24, 2.45) is 12.0 Å². The molecule has 1 aromatic heterocycles. The maximum atomic E-state index is 13.4. The number of hydrogen-bond donors (Lipinski definition) is 0. The summed E-state index contributed by atoms with van der Waals surface area (Å²) in [6.07, 6.45) is -8.17. The Bertz CT molecular complexity index is 1000. The maximum Gasteiger partial charge on any atom is 0.435 e. The molecule has 28 heavy (non-hydrogen) atoms. The van der Waals surface area contributed by atoms with Crippen LogP contribution in [-0.2, 0) is 19.4 Å². The third kappa shape index (κ3) is 4.08. The minimum Gasteiger partial charge on any atom is -0.250 e. The van der Waals surface area contributed by atoms with E-state index in [2.05, 4.69) is 10.1 Å². The molecule has 0 amide bonds. The van der Waals surface area contributed by atoms with Crippen LogP contribution in [-0.4, -0.2) is 16.0 Å². The van der Waals surface area contributed by atoms with Crippen molar-refractivity contribution in [2.45, 2.75) is 12.4 Å². The van der Waals surface area contributed by atoms with E-state index in [1.165, 1.54) is 31.3 Å². The van der Waals surface area contributed by atoms with E-state index in [-0.39, 0.29) is 22.5 Å². The zero-order chi connectivity index (χ0) is 20.5. The summed E-state index contributed by atoms with van der Waals surface area (Å²) in [6.45, 7) is 0. The molecule has 0 atom stereocenters. The second kappa shape index (κ2) is 7.14. The zero-order valence-corrected chi connectivity index (χ0v) is 14.4. The van der Waals surface area contributed by atoms with Crippen molar-refractivity contribution in [3.63, 3.8) is 0 Å². The number of aliphatic imine (C=N–C) groups is 1. The first-order valence-electron chi connectivity index (χ1n) is 7.98. The van der Waals surface area contributed by atoms with Gasteiger partial charge in [0.25, 0.3) is 0 Å². The number of hydrogen-bond acceptors (Lipinski definition) is 2. The van der Waals surface area contributed by atoms with Gasteiger partial charge >= 0.3 is 12.4 Å². The van der Waals surface area contributed by atoms with Crippen molar-refractivity contribution >= 4 is 12.0 Å². The van der Waals surface area contributed by atoms with Crippen molar-refractivity contribution in [1.82, 2.24) is 9.78 Å². The Balaban J connectivity index is 2.10. The Morgan fingerprint density at radius 2 is 1.57 bits per heavy atom. The molecule has 3 rings (SSSR count). The van der Waals surface area contributed by atoms with E-state index in [9.17, 15) is 26.3 Å². The van der Waals surface area contributed by atoms with Crippen molar-refractivity contribution in [3.8, 4) is 11.1 Å². The van der Waals surface area contributed by atoms with E-state index in [4.69, 9.17) is 0 Å². The first kappa shape index (κ1) is 19.7. The Hall–Kier alpha value is -3.10. The van der Waals surface area contributed by atoms with Crippen molar-refractivity contribution < 1.29 is 26.3 Å². The lowest BCUT2D eigenvalue weighted by atomic mass is 10.1. The highest BCUT2D eigenvalue weighted by Gasteiger charge is 2.39. The molecule has 0 aliphatic carbocycles. The van der Waals surface area contributed by atoms with Crippen molar-refractivity contribution in [2.75, 3.05) is 0 Å². The number of nitrogens with zero attached hydrogens (tertiary/aromatic N) is 3. The van der Waals surface area contributed by atoms with Gasteiger partial charge in [0.15, 0.2) is 11.5 Å². The van der Waals surface area contributed by atoms with Crippen LogP contribution >= 0.6 is 0 Å². The largest absolute Gasteiger partial charge is 0.435 e. The molecular formula is C19H13F6N3. The number of halogens is 6. The normalized spacial score (nSPS) is 12.7. The van der Waals surface area contributed by atoms with E-state index in [0.717, 1.165) is 23.0 Å². The number of aryl methyl sites for hydroxylation is 1. The highest BCUT2D eigenvalue weighted by molar-refractivity contribution is 5.86. The lowest BCUT2D eigenvalue weighted by Gasteiger charge is -2.07. The molecule has 1 heterocycles. The van der Waals surface area contributed by atoms with Gasteiger partial charge in [-0.05, 0) is 23.3 Å². The number of benzene rings is 2. The fourth-order valence-corrected chi connectivity index (χ4v) is 2.66. The van der Waals surface area contributed by atoms with E-state index >= 15 is 0 Å². The summed E-state index contributed by atoms with van der Waals surface area (Å²) in [5.41, 5.74) is -1.88. The molecule has 0 fully saturated rings. The highest BCUT2D eigenvalue weighted by Crippen LogP contribution is 2.41. The monoisotopic (exact) mass is 397 g/mol. The third-order valence-electron chi connectivity index (χ3n) is 3.90. The molecule has 9 heteroatoms. The van der Waals surface area contributed by atoms with Crippen LogP contribution in [0.1, 0.15) is 16.8 Å². The Morgan fingerprint density at radius 3 is 2.18 bits per heavy atom. The summed E-state index contributed by atoms with van der Waals surface area (Å²) >= 11 is 0. The Kier molecular flexibility index (Phi) is 5.01. The van der Waals surface area contributed by atoms with E-state index in [1.54, 1.807) is 18.2 Å². The first-order chi connectivity index (χ1) is 13.1. The molecule has 3 nitrogen and oxygen atoms in total. The molecule has 0 saturated carbocycles. The van der Waals surface area contributed by atoms with Crippen LogP contribution in [0.4, 0.5) is 32.2 Å². The summed E-state index contributed by atoms with van der Waals surface area (Å²) in [7, 11) is 1.29. The maximum absolute atomic E-state index is 13.4. The lowest BCUT2D eigenvalue weighted by Crippen LogP contribution is -2.08. The second-order valence-corrected chi connectivity index (χ2v) is 5.92. The summed E-state index contributed by atoms with van der Waals surface area (Å²) in [6, 6.07) is 12.1. The van der Waals surface area contributed by atoms with Crippen LogP contribution in [0.2, 0.25) is 0 Å². The average Bonchev–Trinajstić information content (AvgIpc) is 2.97. The van der Waals surface area contributed by atoms with E-state index < -0.39 is 23.6 Å². The minimum absolute atomic E-state index is 0.101. The number of alkyl halides is 6. The van der Waals surface area contributed by atoms with Gasteiger partial charge in [0, 0.05) is 13.3 Å². The molecule has 0 N–H and O–H groups in total. The SMILES string of the molecule is Cn1nc(C(F)(F)F)c(-c2ccccc2)c1/N=C\c1cccc(C(F)(F)F)c1. The van der Waals surface area contributed by atoms with Gasteiger partial charge in [0.2, 0.25) is 0 Å². The van der Waals surface area contributed by atoms with Gasteiger partial charge in [-0.2, -0.15) is 31.4 Å². The smallest absolute Gasteiger partial charge is 0.250 e. The number of aromatic nitrogens is 2. The molecule has 0 aliphatic heterocycles. The molecule has 146 valence electrons. The fourth-order valence-electron chi connectivity index (χ4n) is 2.66. The summed E-state index contributed by atoms with van der Waals surface area (Å²) in [5.74, 6) is -0.115. The third-order valence-corrected chi connectivity index (χ3v) is 3.90. The highest BCUT2D eigenvalue weighted by atomic mass is 19.4. The molecular weight excluding hydrogens is 384 g/mol. The van der Waals surface area contributed by atoms with E-state index in [0.29, 0.717) is 0 Å². The first-order valence-corrected chi connectivity index (χ1v) is 7.98. The molecule has 0 spiro atoms. The van der Waals surface area contributed by atoms with Gasteiger partial charge in [-0.1, -0.05) is 42.5 Å². The van der Waals surface area contributed by atoms with Gasteiger partial charge in [0.1, 0.15) is 0 Å². The van der Waals surface area contributed by atoms with E-state index in [1.807, 2.05) is 0 Å². The number of rotatable bonds is 3. The van der Waals surface area contributed by atoms with Gasteiger partial charge in [-0.3, -0.25) is 0 Å². The fraction of sp³-hybridized carbons (Fsp3) is 0.158. The summed E-state index contributed by atoms with van der Waals surface area (Å²) < 4.78 is 79.7. The van der Waals surface area contributed by atoms with Crippen LogP contribution in [0.3, 0.4) is 0 Å². The predicted molar refractivity (Wildman–Crippen MR) is 92.3 cm³/mol. The molecule has 0 bridgehead atoms. The van der Waals surface area contributed by atoms with Crippen LogP contribution in [0.5, 0.6) is 0 Å². The van der Waals surface area contributed by atoms with Crippen LogP contribution in [0, 0.1) is 0 Å². The zero-order valence-electron chi connectivity index (χ0n) is 14.4. The molecule has 3 aromatic rings. The molecule has 0 saturated heterocycles. The second-order valence-electron chi connectivity index (χ2n) is 5.92. The Morgan fingerprint density at radius 1 is 0.893 bits per heavy atom. The summed E-state index contributed by atoms with van der Waals surface area (Å²) in [4.78, 5) is 4.02. The van der Waals surface area contributed by atoms with Crippen LogP contribution in [0.25, 0.3) is 11.1 Å².